The summed E-state index contributed by atoms with van der Waals surface area (Å²) in [6.07, 6.45) is 3.60. The predicted molar refractivity (Wildman–Crippen MR) is 106 cm³/mol. The van der Waals surface area contributed by atoms with Crippen LogP contribution in [0.15, 0.2) is 60.9 Å². The fraction of sp³-hybridized carbons (Fsp3) is 0.273. The number of cyclic esters (lactones) is 1. The summed E-state index contributed by atoms with van der Waals surface area (Å²) in [7, 11) is 0. The minimum atomic E-state index is -0.539. The van der Waals surface area contributed by atoms with Crippen LogP contribution in [-0.4, -0.2) is 63.5 Å². The van der Waals surface area contributed by atoms with Crippen molar-refractivity contribution in [1.82, 2.24) is 19.8 Å². The van der Waals surface area contributed by atoms with Gasteiger partial charge in [-0.05, 0) is 23.8 Å². The molecule has 2 aromatic carbocycles. The Hall–Kier alpha value is -3.48. The molecule has 146 valence electrons. The van der Waals surface area contributed by atoms with Crippen molar-refractivity contribution in [2.45, 2.75) is 12.0 Å². The number of hydrogen-bond acceptors (Lipinski definition) is 5. The number of amides is 2. The molecule has 7 heteroatoms. The molecule has 3 heterocycles. The van der Waals surface area contributed by atoms with Crippen molar-refractivity contribution in [1.29, 1.82) is 0 Å². The van der Waals surface area contributed by atoms with Gasteiger partial charge in [0.1, 0.15) is 12.1 Å². The molecule has 0 aliphatic carbocycles. The van der Waals surface area contributed by atoms with Crippen molar-refractivity contribution in [3.63, 3.8) is 0 Å². The summed E-state index contributed by atoms with van der Waals surface area (Å²) >= 11 is 0. The highest BCUT2D eigenvalue weighted by atomic mass is 16.6. The van der Waals surface area contributed by atoms with Gasteiger partial charge in [0.25, 0.3) is 5.91 Å². The van der Waals surface area contributed by atoms with Crippen LogP contribution in [0.2, 0.25) is 0 Å². The van der Waals surface area contributed by atoms with E-state index in [9.17, 15) is 9.59 Å². The van der Waals surface area contributed by atoms with Crippen molar-refractivity contribution in [2.75, 3.05) is 26.2 Å². The summed E-state index contributed by atoms with van der Waals surface area (Å²) in [6, 6.07) is 15.4. The standard InChI is InChI=1S/C22H20N4O3/c27-20(17-6-7-18-19(12-17)24-9-8-23-18)25-10-11-26-21(28)29-15-22(26,14-25)13-16-4-2-1-3-5-16/h1-9,12H,10-11,13-15H2. The maximum atomic E-state index is 13.2. The van der Waals surface area contributed by atoms with E-state index in [1.807, 2.05) is 41.3 Å². The lowest BCUT2D eigenvalue weighted by Gasteiger charge is -2.44. The summed E-state index contributed by atoms with van der Waals surface area (Å²) in [5.41, 5.74) is 2.60. The van der Waals surface area contributed by atoms with E-state index in [1.54, 1.807) is 29.4 Å². The summed E-state index contributed by atoms with van der Waals surface area (Å²) in [4.78, 5) is 37.7. The third kappa shape index (κ3) is 3.08. The Balaban J connectivity index is 1.43. The van der Waals surface area contributed by atoms with Crippen LogP contribution < -0.4 is 0 Å². The lowest BCUT2D eigenvalue weighted by molar-refractivity contribution is 0.0375. The van der Waals surface area contributed by atoms with Gasteiger partial charge in [0.15, 0.2) is 0 Å². The van der Waals surface area contributed by atoms with Gasteiger partial charge in [-0.15, -0.1) is 0 Å². The maximum absolute atomic E-state index is 13.2. The first kappa shape index (κ1) is 17.6. The van der Waals surface area contributed by atoms with Crippen molar-refractivity contribution in [3.8, 4) is 0 Å². The lowest BCUT2D eigenvalue weighted by Crippen LogP contribution is -2.63. The molecule has 29 heavy (non-hydrogen) atoms. The van der Waals surface area contributed by atoms with E-state index in [2.05, 4.69) is 9.97 Å². The normalized spacial score (nSPS) is 21.2. The van der Waals surface area contributed by atoms with Gasteiger partial charge in [-0.2, -0.15) is 0 Å². The lowest BCUT2D eigenvalue weighted by atomic mass is 9.88. The Kier molecular flexibility index (Phi) is 4.16. The number of ether oxygens (including phenoxy) is 1. The number of benzene rings is 2. The monoisotopic (exact) mass is 388 g/mol. The zero-order chi connectivity index (χ0) is 19.8. The first-order valence-electron chi connectivity index (χ1n) is 9.63. The van der Waals surface area contributed by atoms with Gasteiger partial charge >= 0.3 is 6.09 Å². The number of piperazine rings is 1. The first-order chi connectivity index (χ1) is 14.1. The van der Waals surface area contributed by atoms with E-state index < -0.39 is 5.54 Å². The maximum Gasteiger partial charge on any atom is 0.410 e. The average molecular weight is 388 g/mol. The molecule has 2 fully saturated rings. The van der Waals surface area contributed by atoms with Gasteiger partial charge in [-0.3, -0.25) is 19.7 Å². The Morgan fingerprint density at radius 1 is 1.03 bits per heavy atom. The summed E-state index contributed by atoms with van der Waals surface area (Å²) in [5.74, 6) is -0.0658. The fourth-order valence-corrected chi connectivity index (χ4v) is 4.29. The summed E-state index contributed by atoms with van der Waals surface area (Å²) in [5, 5.41) is 0. The van der Waals surface area contributed by atoms with Crippen molar-refractivity contribution in [3.05, 3.63) is 72.1 Å². The first-order valence-corrected chi connectivity index (χ1v) is 9.63. The second kappa shape index (κ2) is 6.84. The van der Waals surface area contributed by atoms with Crippen molar-refractivity contribution < 1.29 is 14.3 Å². The molecule has 0 spiro atoms. The molecule has 2 aliphatic heterocycles. The number of rotatable bonds is 3. The molecule has 1 unspecified atom stereocenters. The third-order valence-electron chi connectivity index (χ3n) is 5.72. The highest BCUT2D eigenvalue weighted by Crippen LogP contribution is 2.33. The van der Waals surface area contributed by atoms with Crippen molar-refractivity contribution >= 4 is 23.0 Å². The van der Waals surface area contributed by atoms with Crippen LogP contribution in [0.1, 0.15) is 15.9 Å². The smallest absolute Gasteiger partial charge is 0.410 e. The Morgan fingerprint density at radius 2 is 1.83 bits per heavy atom. The molecule has 7 nitrogen and oxygen atoms in total. The Labute approximate surface area is 167 Å². The molecule has 3 aromatic rings. The Bertz CT molecular complexity index is 1090. The minimum Gasteiger partial charge on any atom is -0.447 e. The summed E-state index contributed by atoms with van der Waals surface area (Å²) < 4.78 is 5.40. The Morgan fingerprint density at radius 3 is 2.66 bits per heavy atom. The molecule has 5 rings (SSSR count). The highest BCUT2D eigenvalue weighted by Gasteiger charge is 2.51. The topological polar surface area (TPSA) is 75.6 Å². The van der Waals surface area contributed by atoms with Crippen LogP contribution in [0.25, 0.3) is 11.0 Å². The molecule has 2 aliphatic rings. The van der Waals surface area contributed by atoms with Gasteiger partial charge in [-0.25, -0.2) is 4.79 Å². The third-order valence-corrected chi connectivity index (χ3v) is 5.72. The fourth-order valence-electron chi connectivity index (χ4n) is 4.29. The number of nitrogens with zero attached hydrogens (tertiary/aromatic N) is 4. The molecule has 1 aromatic heterocycles. The van der Waals surface area contributed by atoms with Crippen LogP contribution in [0.3, 0.4) is 0 Å². The van der Waals surface area contributed by atoms with Crippen LogP contribution in [0.4, 0.5) is 4.79 Å². The zero-order valence-corrected chi connectivity index (χ0v) is 15.8. The minimum absolute atomic E-state index is 0.0658. The van der Waals surface area contributed by atoms with Gasteiger partial charge in [0.05, 0.1) is 11.0 Å². The molecular formula is C22H20N4O3. The van der Waals surface area contributed by atoms with E-state index in [1.165, 1.54) is 0 Å². The molecule has 2 saturated heterocycles. The zero-order valence-electron chi connectivity index (χ0n) is 15.8. The van der Waals surface area contributed by atoms with E-state index in [0.29, 0.717) is 37.1 Å². The molecule has 0 radical (unpaired) electrons. The SMILES string of the molecule is O=C(c1ccc2nccnc2c1)N1CCN2C(=O)OCC2(Cc2ccccc2)C1. The van der Waals surface area contributed by atoms with E-state index >= 15 is 0 Å². The van der Waals surface area contributed by atoms with E-state index in [0.717, 1.165) is 11.1 Å². The number of aromatic nitrogens is 2. The quantitative estimate of drug-likeness (QED) is 0.689. The van der Waals surface area contributed by atoms with E-state index in [-0.39, 0.29) is 18.6 Å². The van der Waals surface area contributed by atoms with Gasteiger partial charge in [0, 0.05) is 44.0 Å². The molecule has 0 saturated carbocycles. The second-order valence-electron chi connectivity index (χ2n) is 7.58. The molecule has 1 atom stereocenters. The molecule has 2 amide bonds. The average Bonchev–Trinajstić information content (AvgIpc) is 3.09. The second-order valence-corrected chi connectivity index (χ2v) is 7.58. The van der Waals surface area contributed by atoms with Crippen molar-refractivity contribution in [2.24, 2.45) is 0 Å². The van der Waals surface area contributed by atoms with Crippen LogP contribution in [-0.2, 0) is 11.2 Å². The number of hydrogen-bond donors (Lipinski definition) is 0. The van der Waals surface area contributed by atoms with Gasteiger partial charge in [0.2, 0.25) is 0 Å². The molecular weight excluding hydrogens is 368 g/mol. The van der Waals surface area contributed by atoms with E-state index in [4.69, 9.17) is 4.74 Å². The molecule has 0 N–H and O–H groups in total. The van der Waals surface area contributed by atoms with Gasteiger partial charge < -0.3 is 9.64 Å². The number of carbonyl (C=O) groups is 2. The largest absolute Gasteiger partial charge is 0.447 e. The van der Waals surface area contributed by atoms with Crippen LogP contribution in [0.5, 0.6) is 0 Å². The predicted octanol–water partition coefficient (Wildman–Crippen LogP) is 2.52. The number of fused-ring (bicyclic) bond motifs is 2. The summed E-state index contributed by atoms with van der Waals surface area (Å²) in [6.45, 7) is 1.66. The van der Waals surface area contributed by atoms with Gasteiger partial charge in [-0.1, -0.05) is 30.3 Å². The van der Waals surface area contributed by atoms with Crippen LogP contribution in [0, 0.1) is 0 Å². The highest BCUT2D eigenvalue weighted by molar-refractivity contribution is 5.97. The van der Waals surface area contributed by atoms with Crippen LogP contribution >= 0.6 is 0 Å². The molecule has 0 bridgehead atoms. The number of carbonyl (C=O) groups excluding carboxylic acids is 2.